The summed E-state index contributed by atoms with van der Waals surface area (Å²) in [6, 6.07) is 19.2. The fraction of sp³-hybridized carbons (Fsp3) is 0.250. The first-order valence-corrected chi connectivity index (χ1v) is 11.3. The second kappa shape index (κ2) is 11.9. The number of amides is 1. The molecule has 0 aliphatic carbocycles. The molecule has 0 heterocycles. The maximum Gasteiger partial charge on any atom is 0.407 e. The van der Waals surface area contributed by atoms with Gasteiger partial charge in [0.05, 0.1) is 29.8 Å². The number of carbonyl (C=O) groups is 2. The molecule has 0 aliphatic heterocycles. The summed E-state index contributed by atoms with van der Waals surface area (Å²) in [5.41, 5.74) is 2.52. The van der Waals surface area contributed by atoms with Gasteiger partial charge < -0.3 is 10.1 Å². The Kier molecular flexibility index (Phi) is 8.69. The van der Waals surface area contributed by atoms with Gasteiger partial charge in [0.25, 0.3) is 0 Å². The maximum absolute atomic E-state index is 14.0. The lowest BCUT2D eigenvalue weighted by molar-refractivity contribution is 0.0962. The molecule has 35 heavy (non-hydrogen) atoms. The van der Waals surface area contributed by atoms with Crippen LogP contribution in [0.1, 0.15) is 54.2 Å². The maximum atomic E-state index is 14.0. The molecule has 0 aromatic heterocycles. The molecule has 1 amide bonds. The predicted molar refractivity (Wildman–Crippen MR) is 129 cm³/mol. The number of hydrogen-bond acceptors (Lipinski definition) is 4. The first-order chi connectivity index (χ1) is 16.8. The van der Waals surface area contributed by atoms with Crippen LogP contribution in [0.4, 0.5) is 13.6 Å². The number of rotatable bonds is 9. The van der Waals surface area contributed by atoms with Gasteiger partial charge in [0.2, 0.25) is 0 Å². The van der Waals surface area contributed by atoms with Gasteiger partial charge >= 0.3 is 6.09 Å². The molecule has 1 N–H and O–H groups in total. The van der Waals surface area contributed by atoms with E-state index in [4.69, 9.17) is 10.00 Å². The molecule has 5 nitrogen and oxygen atoms in total. The highest BCUT2D eigenvalue weighted by Crippen LogP contribution is 2.26. The topological polar surface area (TPSA) is 79.2 Å². The number of alkyl carbamates (subject to hydrolysis) is 1. The van der Waals surface area contributed by atoms with Gasteiger partial charge in [0, 0.05) is 6.42 Å². The third kappa shape index (κ3) is 6.97. The zero-order valence-corrected chi connectivity index (χ0v) is 19.6. The van der Waals surface area contributed by atoms with Crippen molar-refractivity contribution in [1.29, 1.82) is 5.26 Å². The van der Waals surface area contributed by atoms with Crippen molar-refractivity contribution >= 4 is 11.9 Å². The number of halogens is 2. The number of benzene rings is 3. The van der Waals surface area contributed by atoms with E-state index in [0.29, 0.717) is 11.1 Å². The van der Waals surface area contributed by atoms with Gasteiger partial charge in [-0.1, -0.05) is 56.3 Å². The molecule has 0 radical (unpaired) electrons. The van der Waals surface area contributed by atoms with E-state index in [1.807, 2.05) is 50.2 Å². The fourth-order valence-corrected chi connectivity index (χ4v) is 3.56. The van der Waals surface area contributed by atoms with Crippen molar-refractivity contribution in [2.24, 2.45) is 5.92 Å². The Hall–Kier alpha value is -4.05. The Morgan fingerprint density at radius 2 is 1.51 bits per heavy atom. The Morgan fingerprint density at radius 1 is 0.943 bits per heavy atom. The molecule has 0 saturated heterocycles. The molecule has 0 spiro atoms. The number of carbonyl (C=O) groups excluding carboxylic acids is 2. The van der Waals surface area contributed by atoms with Crippen LogP contribution >= 0.6 is 0 Å². The molecule has 1 atom stereocenters. The molecule has 0 aliphatic rings. The third-order valence-electron chi connectivity index (χ3n) is 5.40. The minimum atomic E-state index is -0.914. The predicted octanol–water partition coefficient (Wildman–Crippen LogP) is 6.59. The van der Waals surface area contributed by atoms with Crippen LogP contribution in [0.2, 0.25) is 0 Å². The molecule has 0 bridgehead atoms. The second-order valence-corrected chi connectivity index (χ2v) is 8.56. The number of nitriles is 1. The molecule has 0 saturated carbocycles. The highest BCUT2D eigenvalue weighted by atomic mass is 19.1. The summed E-state index contributed by atoms with van der Waals surface area (Å²) in [7, 11) is 0. The molecule has 3 aromatic carbocycles. The Bertz CT molecular complexity index is 1200. The summed E-state index contributed by atoms with van der Waals surface area (Å²) in [4.78, 5) is 24.9. The molecule has 0 unspecified atom stereocenters. The Morgan fingerprint density at radius 3 is 2.06 bits per heavy atom. The van der Waals surface area contributed by atoms with Crippen molar-refractivity contribution in [1.82, 2.24) is 5.32 Å². The van der Waals surface area contributed by atoms with Crippen LogP contribution < -0.4 is 5.32 Å². The molecule has 0 fully saturated rings. The summed E-state index contributed by atoms with van der Waals surface area (Å²) >= 11 is 0. The standard InChI is InChI=1S/C28H26F2N2O3/c1-18(2)17-35-28(34)32-25(14-15-26(33)27-23(29)4-3-5-24(27)30)22-12-10-21(11-13-22)20-8-6-19(16-31)7-9-20/h3-13,18,25H,14-15,17H2,1-2H3,(H,32,34)/t25-/m1/s1. The van der Waals surface area contributed by atoms with E-state index in [9.17, 15) is 18.4 Å². The van der Waals surface area contributed by atoms with Crippen LogP contribution in [0.25, 0.3) is 11.1 Å². The van der Waals surface area contributed by atoms with Crippen molar-refractivity contribution in [2.45, 2.75) is 32.7 Å². The lowest BCUT2D eigenvalue weighted by atomic mass is 9.95. The van der Waals surface area contributed by atoms with Crippen molar-refractivity contribution < 1.29 is 23.1 Å². The monoisotopic (exact) mass is 476 g/mol. The van der Waals surface area contributed by atoms with Gasteiger partial charge in [-0.2, -0.15) is 5.26 Å². The second-order valence-electron chi connectivity index (χ2n) is 8.56. The van der Waals surface area contributed by atoms with Gasteiger partial charge in [-0.15, -0.1) is 0 Å². The highest BCUT2D eigenvalue weighted by Gasteiger charge is 2.21. The van der Waals surface area contributed by atoms with Crippen molar-refractivity contribution in [3.05, 3.63) is 95.1 Å². The van der Waals surface area contributed by atoms with E-state index in [1.165, 1.54) is 6.07 Å². The van der Waals surface area contributed by atoms with Crippen LogP contribution in [0.5, 0.6) is 0 Å². The van der Waals surface area contributed by atoms with E-state index in [1.54, 1.807) is 12.1 Å². The number of Topliss-reactive ketones (excluding diaryl/α,β-unsaturated/α-hetero) is 1. The van der Waals surface area contributed by atoms with Crippen molar-refractivity contribution in [2.75, 3.05) is 6.61 Å². The molecule has 3 rings (SSSR count). The fourth-order valence-electron chi connectivity index (χ4n) is 3.56. The summed E-state index contributed by atoms with van der Waals surface area (Å²) < 4.78 is 33.3. The Balaban J connectivity index is 1.78. The van der Waals surface area contributed by atoms with Crippen LogP contribution in [0, 0.1) is 28.9 Å². The van der Waals surface area contributed by atoms with Crippen LogP contribution in [0.15, 0.2) is 66.7 Å². The SMILES string of the molecule is CC(C)COC(=O)N[C@H](CCC(=O)c1c(F)cccc1F)c1ccc(-c2ccc(C#N)cc2)cc1. The Labute approximate surface area is 203 Å². The number of ether oxygens (including phenoxy) is 1. The lowest BCUT2D eigenvalue weighted by Crippen LogP contribution is -2.30. The first-order valence-electron chi connectivity index (χ1n) is 11.3. The molecule has 180 valence electrons. The average molecular weight is 477 g/mol. The minimum Gasteiger partial charge on any atom is -0.449 e. The van der Waals surface area contributed by atoms with Crippen LogP contribution in [0.3, 0.4) is 0 Å². The van der Waals surface area contributed by atoms with Gasteiger partial charge in [-0.05, 0) is 53.3 Å². The lowest BCUT2D eigenvalue weighted by Gasteiger charge is -2.20. The minimum absolute atomic E-state index is 0.125. The van der Waals surface area contributed by atoms with Gasteiger partial charge in [0.15, 0.2) is 5.78 Å². The molecule has 7 heteroatoms. The normalized spacial score (nSPS) is 11.5. The molecular formula is C28H26F2N2O3. The van der Waals surface area contributed by atoms with Crippen LogP contribution in [-0.4, -0.2) is 18.5 Å². The van der Waals surface area contributed by atoms with E-state index < -0.39 is 35.1 Å². The van der Waals surface area contributed by atoms with E-state index in [-0.39, 0.29) is 25.4 Å². The summed E-state index contributed by atoms with van der Waals surface area (Å²) in [6.45, 7) is 4.05. The van der Waals surface area contributed by atoms with Crippen molar-refractivity contribution in [3.8, 4) is 17.2 Å². The average Bonchev–Trinajstić information content (AvgIpc) is 2.85. The van der Waals surface area contributed by atoms with Crippen molar-refractivity contribution in [3.63, 3.8) is 0 Å². The largest absolute Gasteiger partial charge is 0.449 e. The van der Waals surface area contributed by atoms with E-state index >= 15 is 0 Å². The van der Waals surface area contributed by atoms with Gasteiger partial charge in [-0.3, -0.25) is 4.79 Å². The third-order valence-corrected chi connectivity index (χ3v) is 5.40. The number of nitrogens with one attached hydrogen (secondary N) is 1. The number of hydrogen-bond donors (Lipinski definition) is 1. The zero-order chi connectivity index (χ0) is 25.4. The molecule has 3 aromatic rings. The summed E-state index contributed by atoms with van der Waals surface area (Å²) in [5, 5.41) is 11.7. The molecular weight excluding hydrogens is 450 g/mol. The quantitative estimate of drug-likeness (QED) is 0.353. The van der Waals surface area contributed by atoms with E-state index in [0.717, 1.165) is 23.3 Å². The summed E-state index contributed by atoms with van der Waals surface area (Å²) in [5.74, 6) is -2.36. The van der Waals surface area contributed by atoms with Gasteiger partial charge in [-0.25, -0.2) is 13.6 Å². The number of nitrogens with zero attached hydrogens (tertiary/aromatic N) is 1. The van der Waals surface area contributed by atoms with Crippen LogP contribution in [-0.2, 0) is 4.74 Å². The van der Waals surface area contributed by atoms with E-state index in [2.05, 4.69) is 11.4 Å². The first kappa shape index (κ1) is 25.6. The number of ketones is 1. The zero-order valence-electron chi connectivity index (χ0n) is 19.6. The summed E-state index contributed by atoms with van der Waals surface area (Å²) in [6.07, 6.45) is -0.686. The smallest absolute Gasteiger partial charge is 0.407 e. The van der Waals surface area contributed by atoms with Gasteiger partial charge in [0.1, 0.15) is 11.6 Å². The highest BCUT2D eigenvalue weighted by molar-refractivity contribution is 5.96.